The highest BCUT2D eigenvalue weighted by Crippen LogP contribution is 2.36. The van der Waals surface area contributed by atoms with Gasteiger partial charge in [-0.3, -0.25) is 19.7 Å². The first kappa shape index (κ1) is 25.4. The Morgan fingerprint density at radius 2 is 2.00 bits per heavy atom. The number of methoxy groups -OCH3 is 1. The summed E-state index contributed by atoms with van der Waals surface area (Å²) in [6.45, 7) is -0.599. The first-order chi connectivity index (χ1) is 18.8. The van der Waals surface area contributed by atoms with Gasteiger partial charge < -0.3 is 19.6 Å². The fourth-order valence-corrected chi connectivity index (χ4v) is 4.21. The first-order valence-corrected chi connectivity index (χ1v) is 11.7. The van der Waals surface area contributed by atoms with Gasteiger partial charge in [0.1, 0.15) is 11.3 Å². The molecule has 0 saturated heterocycles. The molecule has 5 rings (SSSR count). The first-order valence-electron chi connectivity index (χ1n) is 11.3. The molecule has 13 heteroatoms. The van der Waals surface area contributed by atoms with Crippen LogP contribution in [0.15, 0.2) is 75.0 Å². The molecule has 0 aliphatic heterocycles. The van der Waals surface area contributed by atoms with Gasteiger partial charge in [0, 0.05) is 11.6 Å². The number of nitrogens with two attached hydrogens (primary N) is 1. The molecule has 2 heterocycles. The zero-order valence-electron chi connectivity index (χ0n) is 20.2. The van der Waals surface area contributed by atoms with Gasteiger partial charge in [0.05, 0.1) is 39.6 Å². The summed E-state index contributed by atoms with van der Waals surface area (Å²) in [6, 6.07) is 16.2. The molecule has 0 aliphatic rings. The number of nitrogens with zero attached hydrogens (tertiary/aromatic N) is 4. The average molecular weight is 548 g/mol. The molecule has 0 bridgehead atoms. The van der Waals surface area contributed by atoms with Crippen molar-refractivity contribution in [2.45, 2.75) is 0 Å². The number of rotatable bonds is 8. The molecule has 0 spiro atoms. The second kappa shape index (κ2) is 10.3. The van der Waals surface area contributed by atoms with Crippen molar-refractivity contribution in [3.8, 4) is 23.1 Å². The summed E-state index contributed by atoms with van der Waals surface area (Å²) in [4.78, 5) is 40.1. The van der Waals surface area contributed by atoms with Crippen molar-refractivity contribution in [1.29, 1.82) is 0 Å². The summed E-state index contributed by atoms with van der Waals surface area (Å²) in [6.07, 6.45) is 1.21. The molecule has 3 aromatic carbocycles. The number of amides is 1. The molecule has 0 aliphatic carbocycles. The summed E-state index contributed by atoms with van der Waals surface area (Å²) < 4.78 is 17.5. The van der Waals surface area contributed by atoms with Gasteiger partial charge in [0.2, 0.25) is 11.6 Å². The molecule has 12 nitrogen and oxygen atoms in total. The Balaban J connectivity index is 1.66. The highest BCUT2D eigenvalue weighted by molar-refractivity contribution is 6.32. The number of carbonyl (C=O) groups is 1. The van der Waals surface area contributed by atoms with Crippen LogP contribution >= 0.6 is 11.6 Å². The predicted molar refractivity (Wildman–Crippen MR) is 144 cm³/mol. The molecule has 39 heavy (non-hydrogen) atoms. The fraction of sp³-hybridized carbons (Fsp3) is 0.0769. The number of ether oxygens (including phenoxy) is 2. The van der Waals surface area contributed by atoms with Crippen LogP contribution in [0.3, 0.4) is 0 Å². The maximum atomic E-state index is 13.5. The largest absolute Gasteiger partial charge is 0.496 e. The Bertz CT molecular complexity index is 1860. The summed E-state index contributed by atoms with van der Waals surface area (Å²) in [5.41, 5.74) is 5.16. The number of para-hydroxylation sites is 1. The molecule has 0 radical (unpaired) electrons. The molecular weight excluding hydrogens is 530 g/mol. The van der Waals surface area contributed by atoms with Crippen molar-refractivity contribution in [1.82, 2.24) is 9.66 Å². The Kier molecular flexibility index (Phi) is 6.69. The van der Waals surface area contributed by atoms with Crippen LogP contribution in [0.1, 0.15) is 5.56 Å². The highest BCUT2D eigenvalue weighted by atomic mass is 35.5. The van der Waals surface area contributed by atoms with Crippen molar-refractivity contribution < 1.29 is 23.6 Å². The van der Waals surface area contributed by atoms with Crippen molar-refractivity contribution in [2.75, 3.05) is 13.7 Å². The number of fused-ring (bicyclic) bond motifs is 2. The SMILES string of the molecule is COc1cccc2oc(-c3nc4ccccc4c(=O)n3N=Cc3cc(Cl)c(OCC(N)=O)c([N+](=O)[O-])c3)cc12. The normalized spacial score (nSPS) is 11.3. The lowest BCUT2D eigenvalue weighted by Crippen LogP contribution is -2.20. The number of carbonyl (C=O) groups excluding carboxylic acids is 1. The molecule has 0 fully saturated rings. The van der Waals surface area contributed by atoms with Crippen LogP contribution in [0, 0.1) is 10.1 Å². The average Bonchev–Trinajstić information content (AvgIpc) is 3.36. The monoisotopic (exact) mass is 547 g/mol. The summed E-state index contributed by atoms with van der Waals surface area (Å²) >= 11 is 6.20. The number of hydrogen-bond donors (Lipinski definition) is 1. The third kappa shape index (κ3) is 4.88. The maximum Gasteiger partial charge on any atom is 0.313 e. The zero-order chi connectivity index (χ0) is 27.7. The molecule has 2 aromatic heterocycles. The Labute approximate surface area is 224 Å². The van der Waals surface area contributed by atoms with Gasteiger partial charge in [0.25, 0.3) is 11.5 Å². The third-order valence-electron chi connectivity index (χ3n) is 5.64. The molecular formula is C26H18ClN5O7. The van der Waals surface area contributed by atoms with Crippen molar-refractivity contribution >= 4 is 51.3 Å². The third-order valence-corrected chi connectivity index (χ3v) is 5.92. The number of nitro groups is 1. The molecule has 1 amide bonds. The molecule has 0 atom stereocenters. The standard InChI is InChI=1S/C26H18ClN5O7/c1-37-20-7-4-8-21-16(20)11-22(39-21)25-30-18-6-3-2-5-15(18)26(34)31(25)29-12-14-9-17(27)24(38-13-23(28)33)19(10-14)32(35)36/h2-12H,13H2,1H3,(H2,28,33). The topological polar surface area (TPSA) is 165 Å². The second-order valence-corrected chi connectivity index (χ2v) is 8.57. The lowest BCUT2D eigenvalue weighted by Gasteiger charge is -2.09. The van der Waals surface area contributed by atoms with E-state index in [1.165, 1.54) is 19.4 Å². The number of benzene rings is 3. The van der Waals surface area contributed by atoms with E-state index in [9.17, 15) is 19.7 Å². The zero-order valence-corrected chi connectivity index (χ0v) is 20.9. The smallest absolute Gasteiger partial charge is 0.313 e. The number of hydrogen-bond acceptors (Lipinski definition) is 9. The van der Waals surface area contributed by atoms with E-state index in [0.717, 1.165) is 10.7 Å². The van der Waals surface area contributed by atoms with Gasteiger partial charge in [-0.25, -0.2) is 4.98 Å². The van der Waals surface area contributed by atoms with Gasteiger partial charge in [0.15, 0.2) is 12.4 Å². The van der Waals surface area contributed by atoms with Crippen LogP contribution in [-0.2, 0) is 4.79 Å². The molecule has 0 saturated carbocycles. The number of primary amides is 1. The Morgan fingerprint density at radius 3 is 2.74 bits per heavy atom. The Hall–Kier alpha value is -5.23. The predicted octanol–water partition coefficient (Wildman–Crippen LogP) is 4.13. The van der Waals surface area contributed by atoms with E-state index < -0.39 is 28.7 Å². The quantitative estimate of drug-likeness (QED) is 0.172. The second-order valence-electron chi connectivity index (χ2n) is 8.16. The minimum absolute atomic E-state index is 0.0928. The van der Waals surface area contributed by atoms with E-state index >= 15 is 0 Å². The summed E-state index contributed by atoms with van der Waals surface area (Å²) in [5.74, 6) is -0.241. The molecule has 2 N–H and O–H groups in total. The lowest BCUT2D eigenvalue weighted by molar-refractivity contribution is -0.385. The van der Waals surface area contributed by atoms with E-state index in [1.54, 1.807) is 48.5 Å². The van der Waals surface area contributed by atoms with Gasteiger partial charge in [-0.05, 0) is 36.4 Å². The maximum absolute atomic E-state index is 13.5. The van der Waals surface area contributed by atoms with Gasteiger partial charge in [-0.1, -0.05) is 29.8 Å². The van der Waals surface area contributed by atoms with Gasteiger partial charge in [-0.2, -0.15) is 9.78 Å². The number of furan rings is 1. The fourth-order valence-electron chi connectivity index (χ4n) is 3.93. The van der Waals surface area contributed by atoms with Crippen molar-refractivity contribution in [3.63, 3.8) is 0 Å². The molecule has 196 valence electrons. The molecule has 0 unspecified atom stereocenters. The Morgan fingerprint density at radius 1 is 1.21 bits per heavy atom. The number of halogens is 1. The minimum Gasteiger partial charge on any atom is -0.496 e. The van der Waals surface area contributed by atoms with E-state index in [1.807, 2.05) is 0 Å². The number of nitro benzene ring substituents is 1. The minimum atomic E-state index is -0.829. The summed E-state index contributed by atoms with van der Waals surface area (Å²) in [5, 5.41) is 16.7. The van der Waals surface area contributed by atoms with Gasteiger partial charge in [-0.15, -0.1) is 0 Å². The van der Waals surface area contributed by atoms with Crippen LogP contribution in [-0.4, -0.2) is 40.4 Å². The van der Waals surface area contributed by atoms with Crippen molar-refractivity contribution in [3.05, 3.63) is 91.7 Å². The van der Waals surface area contributed by atoms with Crippen molar-refractivity contribution in [2.24, 2.45) is 10.8 Å². The van der Waals surface area contributed by atoms with Crippen LogP contribution in [0.25, 0.3) is 33.5 Å². The molecule has 5 aromatic rings. The lowest BCUT2D eigenvalue weighted by atomic mass is 10.2. The van der Waals surface area contributed by atoms with Crippen LogP contribution in [0.4, 0.5) is 5.69 Å². The van der Waals surface area contributed by atoms with E-state index in [2.05, 4.69) is 10.1 Å². The highest BCUT2D eigenvalue weighted by Gasteiger charge is 2.22. The van der Waals surface area contributed by atoms with E-state index in [-0.39, 0.29) is 27.9 Å². The van der Waals surface area contributed by atoms with Gasteiger partial charge >= 0.3 is 5.69 Å². The van der Waals surface area contributed by atoms with Crippen LogP contribution in [0.2, 0.25) is 5.02 Å². The number of aromatic nitrogens is 2. The van der Waals surface area contributed by atoms with Crippen LogP contribution < -0.4 is 20.8 Å². The van der Waals surface area contributed by atoms with E-state index in [4.69, 9.17) is 31.2 Å². The van der Waals surface area contributed by atoms with E-state index in [0.29, 0.717) is 27.6 Å². The summed E-state index contributed by atoms with van der Waals surface area (Å²) in [7, 11) is 1.53. The van der Waals surface area contributed by atoms with Crippen LogP contribution in [0.5, 0.6) is 11.5 Å².